The maximum absolute atomic E-state index is 2.54. The molecule has 238 valence electrons. The van der Waals surface area contributed by atoms with Gasteiger partial charge in [0, 0.05) is 0 Å². The first-order valence-electron chi connectivity index (χ1n) is 17.6. The monoisotopic (exact) mass is 630 g/mol. The van der Waals surface area contributed by atoms with Crippen LogP contribution in [0.3, 0.4) is 0 Å². The first-order valence-corrected chi connectivity index (χ1v) is 17.6. The summed E-state index contributed by atoms with van der Waals surface area (Å²) < 4.78 is 0. The van der Waals surface area contributed by atoms with Crippen LogP contribution in [0.25, 0.3) is 54.6 Å². The first kappa shape index (κ1) is 31.2. The molecular weight excluding hydrogens is 587 g/mol. The van der Waals surface area contributed by atoms with Crippen LogP contribution in [0.1, 0.15) is 44.5 Å². The maximum atomic E-state index is 2.54. The largest absolute Gasteiger partial charge is 0.243 e. The molecule has 0 unspecified atom stereocenters. The third kappa shape index (κ3) is 5.15. The van der Waals surface area contributed by atoms with Gasteiger partial charge in [-0.05, 0) is 110 Å². The first-order chi connectivity index (χ1) is 23.6. The molecule has 0 fully saturated rings. The van der Waals surface area contributed by atoms with Crippen LogP contribution in [-0.4, -0.2) is 6.71 Å². The van der Waals surface area contributed by atoms with Gasteiger partial charge in [0.2, 0.25) is 6.71 Å². The molecule has 49 heavy (non-hydrogen) atoms. The predicted octanol–water partition coefficient (Wildman–Crippen LogP) is 10.9. The standard InChI is InChI=1S/C48H43B/c1-28-11-9-13-37(25-28)39-17-15-36-16-18-41-43(38-14-10-12-29(2)26-38)27-44(42-20-19-40(39)45(36)46(41)42)49(47-32(5)21-30(3)22-33(47)6)48-34(7)23-31(4)24-35(48)8/h9-27H,1-8H3. The lowest BCUT2D eigenvalue weighted by Gasteiger charge is -2.27. The van der Waals surface area contributed by atoms with Crippen LogP contribution in [0.5, 0.6) is 0 Å². The van der Waals surface area contributed by atoms with Gasteiger partial charge in [-0.15, -0.1) is 0 Å². The molecule has 0 aromatic heterocycles. The van der Waals surface area contributed by atoms with Crippen LogP contribution in [0.15, 0.2) is 115 Å². The van der Waals surface area contributed by atoms with Crippen LogP contribution in [0.4, 0.5) is 0 Å². The number of benzene rings is 8. The summed E-state index contributed by atoms with van der Waals surface area (Å²) in [6.45, 7) is 18.2. The molecule has 1 heteroatoms. The zero-order valence-corrected chi connectivity index (χ0v) is 30.0. The van der Waals surface area contributed by atoms with Crippen molar-refractivity contribution < 1.29 is 0 Å². The Balaban J connectivity index is 1.57. The smallest absolute Gasteiger partial charge is 0.0629 e. The Morgan fingerprint density at radius 1 is 0.367 bits per heavy atom. The second-order valence-corrected chi connectivity index (χ2v) is 14.7. The summed E-state index contributed by atoms with van der Waals surface area (Å²) in [7, 11) is 0. The lowest BCUT2D eigenvalue weighted by atomic mass is 9.33. The minimum atomic E-state index is 0.0746. The van der Waals surface area contributed by atoms with E-state index in [1.54, 1.807) is 0 Å². The molecule has 0 aliphatic rings. The van der Waals surface area contributed by atoms with Crippen LogP contribution in [-0.2, 0) is 0 Å². The van der Waals surface area contributed by atoms with Crippen LogP contribution < -0.4 is 16.4 Å². The molecule has 8 aromatic rings. The molecular formula is C48H43B. The van der Waals surface area contributed by atoms with Crippen molar-refractivity contribution in [3.05, 3.63) is 160 Å². The SMILES string of the molecule is Cc1cccc(-c2ccc3ccc4c(-c5cccc(C)c5)cc(B(c5c(C)cc(C)cc5C)c5c(C)cc(C)cc5C)c5ccc2c3c54)c1. The van der Waals surface area contributed by atoms with Gasteiger partial charge in [-0.1, -0.05) is 176 Å². The fourth-order valence-corrected chi connectivity index (χ4v) is 9.03. The van der Waals surface area contributed by atoms with E-state index in [9.17, 15) is 0 Å². The summed E-state index contributed by atoms with van der Waals surface area (Å²) in [6, 6.07) is 44.2. The molecule has 0 bridgehead atoms. The molecule has 0 saturated carbocycles. The summed E-state index contributed by atoms with van der Waals surface area (Å²) in [5.41, 5.74) is 20.0. The minimum absolute atomic E-state index is 0.0746. The topological polar surface area (TPSA) is 0 Å². The van der Waals surface area contributed by atoms with Gasteiger partial charge in [-0.2, -0.15) is 0 Å². The van der Waals surface area contributed by atoms with E-state index in [0.29, 0.717) is 0 Å². The molecule has 8 aromatic carbocycles. The summed E-state index contributed by atoms with van der Waals surface area (Å²) in [5, 5.41) is 7.99. The Hall–Kier alpha value is -5.14. The van der Waals surface area contributed by atoms with E-state index in [1.165, 1.54) is 115 Å². The van der Waals surface area contributed by atoms with Gasteiger partial charge in [0.25, 0.3) is 0 Å². The summed E-state index contributed by atoms with van der Waals surface area (Å²) in [6.07, 6.45) is 0. The van der Waals surface area contributed by atoms with Gasteiger partial charge in [0.05, 0.1) is 0 Å². The highest BCUT2D eigenvalue weighted by atomic mass is 14.2. The average molecular weight is 631 g/mol. The van der Waals surface area contributed by atoms with Crippen LogP contribution in [0, 0.1) is 55.4 Å². The Bertz CT molecular complexity index is 2480. The molecule has 0 aliphatic carbocycles. The zero-order valence-electron chi connectivity index (χ0n) is 30.0. The second kappa shape index (κ2) is 11.8. The quantitative estimate of drug-likeness (QED) is 0.131. The van der Waals surface area contributed by atoms with E-state index < -0.39 is 0 Å². The summed E-state index contributed by atoms with van der Waals surface area (Å²) in [4.78, 5) is 0. The lowest BCUT2D eigenvalue weighted by molar-refractivity contribution is 1.34. The van der Waals surface area contributed by atoms with E-state index in [1.807, 2.05) is 0 Å². The van der Waals surface area contributed by atoms with E-state index >= 15 is 0 Å². The highest BCUT2D eigenvalue weighted by Crippen LogP contribution is 2.42. The fourth-order valence-electron chi connectivity index (χ4n) is 9.03. The van der Waals surface area contributed by atoms with Crippen molar-refractivity contribution in [2.45, 2.75) is 55.4 Å². The molecule has 0 spiro atoms. The fraction of sp³-hybridized carbons (Fsp3) is 0.167. The van der Waals surface area contributed by atoms with Crippen molar-refractivity contribution in [3.63, 3.8) is 0 Å². The van der Waals surface area contributed by atoms with E-state index in [4.69, 9.17) is 0 Å². The Morgan fingerprint density at radius 2 is 0.837 bits per heavy atom. The Kier molecular flexibility index (Phi) is 7.49. The Morgan fingerprint density at radius 3 is 1.39 bits per heavy atom. The Labute approximate surface area is 291 Å². The molecule has 0 saturated heterocycles. The minimum Gasteiger partial charge on any atom is -0.0629 e. The zero-order chi connectivity index (χ0) is 34.1. The number of aryl methyl sites for hydroxylation is 8. The van der Waals surface area contributed by atoms with E-state index in [0.717, 1.165) is 0 Å². The highest BCUT2D eigenvalue weighted by Gasteiger charge is 2.31. The van der Waals surface area contributed by atoms with Gasteiger partial charge < -0.3 is 0 Å². The molecule has 0 N–H and O–H groups in total. The average Bonchev–Trinajstić information content (AvgIpc) is 3.05. The third-order valence-corrected chi connectivity index (χ3v) is 10.8. The molecule has 0 heterocycles. The molecule has 0 amide bonds. The maximum Gasteiger partial charge on any atom is 0.243 e. The molecule has 0 aliphatic heterocycles. The van der Waals surface area contributed by atoms with E-state index in [2.05, 4.69) is 171 Å². The van der Waals surface area contributed by atoms with Crippen molar-refractivity contribution in [3.8, 4) is 22.3 Å². The lowest BCUT2D eigenvalue weighted by Crippen LogP contribution is -2.56. The molecule has 0 nitrogen and oxygen atoms in total. The number of rotatable bonds is 5. The van der Waals surface area contributed by atoms with Crippen LogP contribution in [0.2, 0.25) is 0 Å². The highest BCUT2D eigenvalue weighted by molar-refractivity contribution is 6.98. The predicted molar refractivity (Wildman–Crippen MR) is 216 cm³/mol. The van der Waals surface area contributed by atoms with Gasteiger partial charge in [-0.25, -0.2) is 0 Å². The van der Waals surface area contributed by atoms with Crippen molar-refractivity contribution >= 4 is 55.4 Å². The van der Waals surface area contributed by atoms with E-state index in [-0.39, 0.29) is 6.71 Å². The van der Waals surface area contributed by atoms with Crippen molar-refractivity contribution in [2.75, 3.05) is 0 Å². The van der Waals surface area contributed by atoms with Gasteiger partial charge in [0.1, 0.15) is 0 Å². The van der Waals surface area contributed by atoms with Gasteiger partial charge in [-0.3, -0.25) is 0 Å². The van der Waals surface area contributed by atoms with Crippen molar-refractivity contribution in [1.29, 1.82) is 0 Å². The summed E-state index contributed by atoms with van der Waals surface area (Å²) in [5.74, 6) is 0. The summed E-state index contributed by atoms with van der Waals surface area (Å²) >= 11 is 0. The van der Waals surface area contributed by atoms with Crippen LogP contribution >= 0.6 is 0 Å². The molecule has 8 rings (SSSR count). The van der Waals surface area contributed by atoms with Crippen molar-refractivity contribution in [1.82, 2.24) is 0 Å². The normalized spacial score (nSPS) is 11.7. The van der Waals surface area contributed by atoms with Gasteiger partial charge in [0.15, 0.2) is 0 Å². The molecule has 0 radical (unpaired) electrons. The number of hydrogen-bond acceptors (Lipinski definition) is 0. The third-order valence-electron chi connectivity index (χ3n) is 10.8. The van der Waals surface area contributed by atoms with Crippen molar-refractivity contribution in [2.24, 2.45) is 0 Å². The van der Waals surface area contributed by atoms with Gasteiger partial charge >= 0.3 is 0 Å². The number of hydrogen-bond donors (Lipinski definition) is 0. The second-order valence-electron chi connectivity index (χ2n) is 14.7. The molecule has 0 atom stereocenters.